The first-order valence-electron chi connectivity index (χ1n) is 6.85. The smallest absolute Gasteiger partial charge is 0.181 e. The summed E-state index contributed by atoms with van der Waals surface area (Å²) in [6.07, 6.45) is 0.552. The van der Waals surface area contributed by atoms with Crippen LogP contribution in [0.3, 0.4) is 0 Å². The van der Waals surface area contributed by atoms with Crippen molar-refractivity contribution in [2.24, 2.45) is 0 Å². The predicted octanol–water partition coefficient (Wildman–Crippen LogP) is 5.72. The summed E-state index contributed by atoms with van der Waals surface area (Å²) in [4.78, 5) is 4.24. The number of nitrogens with zero attached hydrogens (tertiary/aromatic N) is 1. The van der Waals surface area contributed by atoms with Crippen LogP contribution in [-0.4, -0.2) is 4.98 Å². The normalized spacial score (nSPS) is 12.5. The van der Waals surface area contributed by atoms with Gasteiger partial charge in [-0.2, -0.15) is 0 Å². The minimum Gasteiger partial charge on any atom is -0.486 e. The van der Waals surface area contributed by atoms with Gasteiger partial charge in [0.2, 0.25) is 0 Å². The van der Waals surface area contributed by atoms with Gasteiger partial charge in [-0.1, -0.05) is 47.5 Å². The first-order chi connectivity index (χ1) is 10.6. The number of benzene rings is 2. The lowest BCUT2D eigenvalue weighted by atomic mass is 10.1. The molecule has 0 amide bonds. The number of aromatic nitrogens is 1. The molecule has 2 aromatic carbocycles. The molecule has 3 nitrogen and oxygen atoms in total. The summed E-state index contributed by atoms with van der Waals surface area (Å²) in [7, 11) is 0. The monoisotopic (exact) mass is 352 g/mol. The number of anilines is 1. The molecule has 0 aliphatic heterocycles. The van der Waals surface area contributed by atoms with E-state index < -0.39 is 0 Å². The van der Waals surface area contributed by atoms with Gasteiger partial charge in [-0.05, 0) is 36.8 Å². The fourth-order valence-electron chi connectivity index (χ4n) is 2.33. The number of halogens is 2. The molecule has 1 heterocycles. The predicted molar refractivity (Wildman–Crippen MR) is 94.2 cm³/mol. The first kappa shape index (κ1) is 15.4. The van der Waals surface area contributed by atoms with Crippen molar-refractivity contribution < 1.29 is 4.74 Å². The minimum absolute atomic E-state index is 0.205. The van der Waals surface area contributed by atoms with E-state index in [1.165, 1.54) is 11.3 Å². The summed E-state index contributed by atoms with van der Waals surface area (Å²) in [5.41, 5.74) is 7.42. The Labute approximate surface area is 142 Å². The Hall–Kier alpha value is -1.49. The van der Waals surface area contributed by atoms with E-state index in [2.05, 4.69) is 4.98 Å². The summed E-state index contributed by atoms with van der Waals surface area (Å²) in [6, 6.07) is 11.2. The summed E-state index contributed by atoms with van der Waals surface area (Å²) in [5.74, 6) is 0.749. The number of hydrogen-bond acceptors (Lipinski definition) is 4. The molecule has 0 aliphatic carbocycles. The van der Waals surface area contributed by atoms with Crippen LogP contribution in [0.25, 0.3) is 10.2 Å². The van der Waals surface area contributed by atoms with Crippen molar-refractivity contribution in [1.29, 1.82) is 0 Å². The maximum atomic E-state index is 6.28. The lowest BCUT2D eigenvalue weighted by Gasteiger charge is -2.20. The topological polar surface area (TPSA) is 48.1 Å². The van der Waals surface area contributed by atoms with Gasteiger partial charge in [-0.15, -0.1) is 0 Å². The highest BCUT2D eigenvalue weighted by atomic mass is 35.5. The average Bonchev–Trinajstić information content (AvgIpc) is 2.85. The van der Waals surface area contributed by atoms with Crippen molar-refractivity contribution in [3.63, 3.8) is 0 Å². The summed E-state index contributed by atoms with van der Waals surface area (Å²) >= 11 is 14.0. The molecule has 3 aromatic rings. The van der Waals surface area contributed by atoms with Gasteiger partial charge in [0.15, 0.2) is 5.13 Å². The minimum atomic E-state index is -0.205. The third-order valence-corrected chi connectivity index (χ3v) is 4.85. The second-order valence-electron chi connectivity index (χ2n) is 4.83. The van der Waals surface area contributed by atoms with Crippen molar-refractivity contribution in [2.45, 2.75) is 19.4 Å². The van der Waals surface area contributed by atoms with Crippen LogP contribution < -0.4 is 10.5 Å². The maximum absolute atomic E-state index is 6.28. The van der Waals surface area contributed by atoms with Gasteiger partial charge < -0.3 is 10.5 Å². The van der Waals surface area contributed by atoms with Crippen molar-refractivity contribution in [3.05, 3.63) is 52.0 Å². The lowest BCUT2D eigenvalue weighted by molar-refractivity contribution is 0.202. The molecular weight excluding hydrogens is 339 g/mol. The van der Waals surface area contributed by atoms with Crippen molar-refractivity contribution in [3.8, 4) is 5.75 Å². The highest BCUT2D eigenvalue weighted by molar-refractivity contribution is 7.22. The summed E-state index contributed by atoms with van der Waals surface area (Å²) < 4.78 is 7.09. The lowest BCUT2D eigenvalue weighted by Crippen LogP contribution is -2.07. The van der Waals surface area contributed by atoms with Crippen LogP contribution in [-0.2, 0) is 0 Å². The second-order valence-corrected chi connectivity index (χ2v) is 6.71. The van der Waals surface area contributed by atoms with Crippen molar-refractivity contribution in [1.82, 2.24) is 4.98 Å². The second kappa shape index (κ2) is 6.32. The summed E-state index contributed by atoms with van der Waals surface area (Å²) in [5, 5.41) is 1.78. The number of fused-ring (bicyclic) bond motifs is 1. The molecule has 0 bridgehead atoms. The van der Waals surface area contributed by atoms with Crippen LogP contribution in [0.5, 0.6) is 5.75 Å². The Morgan fingerprint density at radius 2 is 1.95 bits per heavy atom. The van der Waals surface area contributed by atoms with Gasteiger partial charge in [-0.3, -0.25) is 0 Å². The molecule has 0 spiro atoms. The number of nitrogen functional groups attached to an aromatic ring is 1. The fraction of sp³-hybridized carbons (Fsp3) is 0.188. The van der Waals surface area contributed by atoms with Crippen LogP contribution in [0.4, 0.5) is 5.13 Å². The van der Waals surface area contributed by atoms with E-state index in [4.69, 9.17) is 33.7 Å². The average molecular weight is 353 g/mol. The van der Waals surface area contributed by atoms with E-state index in [9.17, 15) is 0 Å². The van der Waals surface area contributed by atoms with E-state index in [0.717, 1.165) is 28.0 Å². The standard InChI is InChI=1S/C16H14Cl2N2OS/c1-2-13(15-10(17)4-3-5-11(15)18)21-9-6-7-12-14(8-9)22-16(19)20-12/h3-8,13H,2H2,1H3,(H2,19,20). The molecule has 0 saturated carbocycles. The van der Waals surface area contributed by atoms with Crippen molar-refractivity contribution in [2.75, 3.05) is 5.73 Å². The van der Waals surface area contributed by atoms with Crippen LogP contribution in [0, 0.1) is 0 Å². The molecule has 114 valence electrons. The summed E-state index contributed by atoms with van der Waals surface area (Å²) in [6.45, 7) is 2.04. The molecule has 22 heavy (non-hydrogen) atoms. The quantitative estimate of drug-likeness (QED) is 0.653. The zero-order valence-corrected chi connectivity index (χ0v) is 14.2. The molecule has 1 atom stereocenters. The van der Waals surface area contributed by atoms with Gasteiger partial charge in [-0.25, -0.2) is 4.98 Å². The van der Waals surface area contributed by atoms with Crippen LogP contribution >= 0.6 is 34.5 Å². The van der Waals surface area contributed by atoms with Gasteiger partial charge >= 0.3 is 0 Å². The number of thiazole rings is 1. The number of ether oxygens (including phenoxy) is 1. The van der Waals surface area contributed by atoms with Gasteiger partial charge in [0.05, 0.1) is 10.2 Å². The highest BCUT2D eigenvalue weighted by Gasteiger charge is 2.18. The zero-order chi connectivity index (χ0) is 15.7. The van der Waals surface area contributed by atoms with E-state index >= 15 is 0 Å². The molecule has 2 N–H and O–H groups in total. The molecule has 0 saturated heterocycles. The SMILES string of the molecule is CCC(Oc1ccc2nc(N)sc2c1)c1c(Cl)cccc1Cl. The van der Waals surface area contributed by atoms with E-state index in [1.54, 1.807) is 0 Å². The van der Waals surface area contributed by atoms with E-state index in [0.29, 0.717) is 15.2 Å². The van der Waals surface area contributed by atoms with E-state index in [1.807, 2.05) is 43.3 Å². The third-order valence-electron chi connectivity index (χ3n) is 3.35. The molecule has 0 fully saturated rings. The maximum Gasteiger partial charge on any atom is 0.181 e. The van der Waals surface area contributed by atoms with Gasteiger partial charge in [0.25, 0.3) is 0 Å². The molecule has 0 radical (unpaired) electrons. The van der Waals surface area contributed by atoms with Gasteiger partial charge in [0, 0.05) is 15.6 Å². The molecule has 3 rings (SSSR count). The number of hydrogen-bond donors (Lipinski definition) is 1. The number of rotatable bonds is 4. The molecule has 1 unspecified atom stereocenters. The molecular formula is C16H14Cl2N2OS. The highest BCUT2D eigenvalue weighted by Crippen LogP contribution is 2.36. The Balaban J connectivity index is 1.94. The largest absolute Gasteiger partial charge is 0.486 e. The third kappa shape index (κ3) is 3.00. The fourth-order valence-corrected chi connectivity index (χ4v) is 3.73. The number of nitrogens with two attached hydrogens (primary N) is 1. The van der Waals surface area contributed by atoms with Crippen molar-refractivity contribution >= 4 is 49.9 Å². The van der Waals surface area contributed by atoms with Gasteiger partial charge in [0.1, 0.15) is 11.9 Å². The Morgan fingerprint density at radius 1 is 1.23 bits per heavy atom. The van der Waals surface area contributed by atoms with E-state index in [-0.39, 0.29) is 6.10 Å². The Bertz CT molecular complexity index is 799. The molecule has 0 aliphatic rings. The Morgan fingerprint density at radius 3 is 2.64 bits per heavy atom. The van der Waals surface area contributed by atoms with Crippen LogP contribution in [0.15, 0.2) is 36.4 Å². The molecule has 6 heteroatoms. The first-order valence-corrected chi connectivity index (χ1v) is 8.42. The Kier molecular flexibility index (Phi) is 4.43. The zero-order valence-electron chi connectivity index (χ0n) is 11.8. The van der Waals surface area contributed by atoms with Crippen LogP contribution in [0.2, 0.25) is 10.0 Å². The molecule has 1 aromatic heterocycles. The van der Waals surface area contributed by atoms with Crippen LogP contribution in [0.1, 0.15) is 25.0 Å².